The zero-order chi connectivity index (χ0) is 17.6. The van der Waals surface area contributed by atoms with E-state index in [4.69, 9.17) is 11.6 Å². The molecule has 1 saturated heterocycles. The fourth-order valence-corrected chi connectivity index (χ4v) is 4.80. The van der Waals surface area contributed by atoms with Crippen molar-refractivity contribution in [1.29, 1.82) is 0 Å². The minimum Gasteiger partial charge on any atom is -0.377 e. The topological polar surface area (TPSA) is 26.7 Å². The van der Waals surface area contributed by atoms with Crippen LogP contribution < -0.4 is 0 Å². The Balaban J connectivity index is 1.68. The summed E-state index contributed by atoms with van der Waals surface area (Å²) in [6.45, 7) is 5.12. The highest BCUT2D eigenvalue weighted by atomic mass is 35.5. The predicted molar refractivity (Wildman–Crippen MR) is 105 cm³/mol. The Labute approximate surface area is 158 Å². The van der Waals surface area contributed by atoms with E-state index in [1.165, 1.54) is 50.5 Å². The molecule has 0 bridgehead atoms. The number of rotatable bonds is 6. The third kappa shape index (κ3) is 4.97. The highest BCUT2D eigenvalue weighted by Gasteiger charge is 2.35. The Hall–Kier alpha value is -0.610. The maximum atomic E-state index is 11.2. The number of aliphatic hydroxyl groups is 1. The van der Waals surface area contributed by atoms with Gasteiger partial charge in [0.1, 0.15) is 6.23 Å². The van der Waals surface area contributed by atoms with E-state index in [-0.39, 0.29) is 12.3 Å². The molecule has 2 aliphatic rings. The van der Waals surface area contributed by atoms with Crippen LogP contribution in [0.2, 0.25) is 5.02 Å². The van der Waals surface area contributed by atoms with Crippen molar-refractivity contribution < 1.29 is 5.11 Å². The summed E-state index contributed by atoms with van der Waals surface area (Å²) in [6, 6.07) is 8.96. The molecule has 0 amide bonds. The van der Waals surface area contributed by atoms with Crippen LogP contribution in [0.25, 0.3) is 0 Å². The van der Waals surface area contributed by atoms with E-state index in [1.807, 2.05) is 12.1 Å². The minimum atomic E-state index is -0.347. The number of aliphatic hydroxyl groups excluding tert-OH is 1. The molecule has 4 heteroatoms. The van der Waals surface area contributed by atoms with Crippen molar-refractivity contribution in [1.82, 2.24) is 9.80 Å². The third-order valence-electron chi connectivity index (χ3n) is 6.06. The predicted octanol–water partition coefficient (Wildman–Crippen LogP) is 4.67. The van der Waals surface area contributed by atoms with Crippen LogP contribution in [0.5, 0.6) is 0 Å². The van der Waals surface area contributed by atoms with Crippen LogP contribution in [0, 0.1) is 0 Å². The summed E-state index contributed by atoms with van der Waals surface area (Å²) >= 11 is 6.02. The largest absolute Gasteiger partial charge is 0.377 e. The van der Waals surface area contributed by atoms with Gasteiger partial charge in [0, 0.05) is 23.7 Å². The summed E-state index contributed by atoms with van der Waals surface area (Å²) in [7, 11) is 0. The zero-order valence-corrected chi connectivity index (χ0v) is 16.3. The number of benzene rings is 1. The molecule has 1 heterocycles. The molecule has 1 saturated carbocycles. The van der Waals surface area contributed by atoms with E-state index in [2.05, 4.69) is 28.9 Å². The molecule has 1 aromatic rings. The van der Waals surface area contributed by atoms with Gasteiger partial charge in [-0.05, 0) is 56.5 Å². The van der Waals surface area contributed by atoms with Crippen LogP contribution in [0.15, 0.2) is 24.3 Å². The minimum absolute atomic E-state index is 0.242. The molecule has 0 spiro atoms. The van der Waals surface area contributed by atoms with Crippen molar-refractivity contribution in [2.24, 2.45) is 0 Å². The molecule has 0 radical (unpaired) electrons. The van der Waals surface area contributed by atoms with Gasteiger partial charge in [-0.1, -0.05) is 56.3 Å². The van der Waals surface area contributed by atoms with Crippen LogP contribution in [-0.2, 0) is 6.54 Å². The van der Waals surface area contributed by atoms with Gasteiger partial charge >= 0.3 is 0 Å². The fraction of sp³-hybridized carbons (Fsp3) is 0.714. The number of halogens is 1. The van der Waals surface area contributed by atoms with Gasteiger partial charge in [0.2, 0.25) is 0 Å². The lowest BCUT2D eigenvalue weighted by Gasteiger charge is -2.45. The van der Waals surface area contributed by atoms with Crippen molar-refractivity contribution in [3.63, 3.8) is 0 Å². The van der Waals surface area contributed by atoms with Crippen molar-refractivity contribution in [3.8, 4) is 0 Å². The summed E-state index contributed by atoms with van der Waals surface area (Å²) in [4.78, 5) is 4.87. The van der Waals surface area contributed by atoms with Crippen molar-refractivity contribution in [2.45, 2.75) is 83.1 Å². The van der Waals surface area contributed by atoms with Crippen LogP contribution in [-0.4, -0.2) is 46.3 Å². The molecule has 1 N–H and O–H groups in total. The SMILES string of the molecule is CCN(C1CCCCC1)C(O)C1CCCCN1Cc1ccc(Cl)cc1. The second kappa shape index (κ2) is 9.36. The van der Waals surface area contributed by atoms with Gasteiger partial charge in [-0.2, -0.15) is 0 Å². The summed E-state index contributed by atoms with van der Waals surface area (Å²) in [5.41, 5.74) is 1.28. The Morgan fingerprint density at radius 3 is 2.44 bits per heavy atom. The van der Waals surface area contributed by atoms with E-state index in [0.717, 1.165) is 31.1 Å². The first-order valence-electron chi connectivity index (χ1n) is 10.1. The monoisotopic (exact) mass is 364 g/mol. The molecule has 2 unspecified atom stereocenters. The van der Waals surface area contributed by atoms with Gasteiger partial charge in [0.05, 0.1) is 0 Å². The first-order chi connectivity index (χ1) is 12.2. The highest BCUT2D eigenvalue weighted by Crippen LogP contribution is 2.29. The molecule has 25 heavy (non-hydrogen) atoms. The quantitative estimate of drug-likeness (QED) is 0.743. The Morgan fingerprint density at radius 2 is 1.76 bits per heavy atom. The normalized spacial score (nSPS) is 24.6. The van der Waals surface area contributed by atoms with Gasteiger partial charge < -0.3 is 5.11 Å². The molecule has 2 atom stereocenters. The first-order valence-corrected chi connectivity index (χ1v) is 10.5. The maximum Gasteiger partial charge on any atom is 0.123 e. The Bertz CT molecular complexity index is 515. The average Bonchev–Trinajstić information content (AvgIpc) is 2.65. The summed E-state index contributed by atoms with van der Waals surface area (Å²) in [5.74, 6) is 0. The van der Waals surface area contributed by atoms with Crippen LogP contribution >= 0.6 is 11.6 Å². The van der Waals surface area contributed by atoms with E-state index in [0.29, 0.717) is 6.04 Å². The maximum absolute atomic E-state index is 11.2. The van der Waals surface area contributed by atoms with E-state index in [9.17, 15) is 5.11 Å². The second-order valence-electron chi connectivity index (χ2n) is 7.70. The molecule has 1 aliphatic heterocycles. The molecule has 1 aliphatic carbocycles. The zero-order valence-electron chi connectivity index (χ0n) is 15.5. The van der Waals surface area contributed by atoms with Crippen molar-refractivity contribution >= 4 is 11.6 Å². The number of hydrogen-bond donors (Lipinski definition) is 1. The van der Waals surface area contributed by atoms with Gasteiger partial charge in [-0.3, -0.25) is 9.80 Å². The van der Waals surface area contributed by atoms with Crippen molar-refractivity contribution in [3.05, 3.63) is 34.9 Å². The van der Waals surface area contributed by atoms with Gasteiger partial charge in [0.25, 0.3) is 0 Å². The van der Waals surface area contributed by atoms with E-state index < -0.39 is 0 Å². The van der Waals surface area contributed by atoms with Crippen LogP contribution in [0.1, 0.15) is 63.9 Å². The smallest absolute Gasteiger partial charge is 0.123 e. The highest BCUT2D eigenvalue weighted by molar-refractivity contribution is 6.30. The molecule has 140 valence electrons. The number of nitrogens with zero attached hydrogens (tertiary/aromatic N) is 2. The lowest BCUT2D eigenvalue weighted by molar-refractivity contribution is -0.0955. The lowest BCUT2D eigenvalue weighted by Crippen LogP contribution is -2.56. The molecule has 1 aromatic carbocycles. The number of piperidine rings is 1. The van der Waals surface area contributed by atoms with Gasteiger partial charge in [-0.15, -0.1) is 0 Å². The molecule has 3 nitrogen and oxygen atoms in total. The lowest BCUT2D eigenvalue weighted by atomic mass is 9.92. The summed E-state index contributed by atoms with van der Waals surface area (Å²) < 4.78 is 0. The number of hydrogen-bond acceptors (Lipinski definition) is 3. The van der Waals surface area contributed by atoms with Crippen molar-refractivity contribution in [2.75, 3.05) is 13.1 Å². The van der Waals surface area contributed by atoms with Gasteiger partial charge in [0.15, 0.2) is 0 Å². The van der Waals surface area contributed by atoms with E-state index in [1.54, 1.807) is 0 Å². The van der Waals surface area contributed by atoms with Crippen LogP contribution in [0.3, 0.4) is 0 Å². The molecular weight excluding hydrogens is 332 g/mol. The van der Waals surface area contributed by atoms with Gasteiger partial charge in [-0.25, -0.2) is 0 Å². The molecule has 2 fully saturated rings. The second-order valence-corrected chi connectivity index (χ2v) is 8.13. The summed E-state index contributed by atoms with van der Waals surface area (Å²) in [5, 5.41) is 12.0. The number of likely N-dealkylation sites (tertiary alicyclic amines) is 1. The van der Waals surface area contributed by atoms with Crippen LogP contribution in [0.4, 0.5) is 0 Å². The Morgan fingerprint density at radius 1 is 1.08 bits per heavy atom. The molecular formula is C21H33ClN2O. The standard InChI is InChI=1S/C21H33ClN2O/c1-2-24(19-8-4-3-5-9-19)21(25)20-10-6-7-15-23(20)16-17-11-13-18(22)14-12-17/h11-14,19-21,25H,2-10,15-16H2,1H3. The summed E-state index contributed by atoms with van der Waals surface area (Å²) in [6.07, 6.45) is 9.67. The average molecular weight is 365 g/mol. The first kappa shape index (κ1) is 19.2. The Kier molecular flexibility index (Phi) is 7.18. The molecule has 0 aromatic heterocycles. The van der Waals surface area contributed by atoms with E-state index >= 15 is 0 Å². The molecule has 3 rings (SSSR count). The third-order valence-corrected chi connectivity index (χ3v) is 6.31. The fourth-order valence-electron chi connectivity index (χ4n) is 4.67. The number of likely N-dealkylation sites (N-methyl/N-ethyl adjacent to an activating group) is 1.